The van der Waals surface area contributed by atoms with Gasteiger partial charge in [0.15, 0.2) is 0 Å². The van der Waals surface area contributed by atoms with E-state index in [1.807, 2.05) is 6.08 Å². The van der Waals surface area contributed by atoms with E-state index in [2.05, 4.69) is 54.3 Å². The lowest BCUT2D eigenvalue weighted by Crippen LogP contribution is -2.17. The van der Waals surface area contributed by atoms with Gasteiger partial charge in [0.25, 0.3) is 0 Å². The summed E-state index contributed by atoms with van der Waals surface area (Å²) in [4.78, 5) is 11.3. The van der Waals surface area contributed by atoms with Gasteiger partial charge in [-0.15, -0.1) is 0 Å². The lowest BCUT2D eigenvalue weighted by atomic mass is 9.79. The SMILES string of the molecule is CCOC(=O)C#CCCCC1CCC(O)C=C1c1cccc2ccccc12. The van der Waals surface area contributed by atoms with Crippen molar-refractivity contribution in [1.29, 1.82) is 0 Å². The van der Waals surface area contributed by atoms with Crippen LogP contribution in [0.1, 0.15) is 44.6 Å². The smallest absolute Gasteiger partial charge is 0.384 e. The zero-order valence-electron chi connectivity index (χ0n) is 15.8. The summed E-state index contributed by atoms with van der Waals surface area (Å²) >= 11 is 0. The van der Waals surface area contributed by atoms with Crippen molar-refractivity contribution in [3.8, 4) is 11.8 Å². The first-order valence-electron chi connectivity index (χ1n) is 9.72. The van der Waals surface area contributed by atoms with Gasteiger partial charge >= 0.3 is 5.97 Å². The van der Waals surface area contributed by atoms with Crippen LogP contribution in [-0.4, -0.2) is 23.8 Å². The summed E-state index contributed by atoms with van der Waals surface area (Å²) in [6.07, 6.45) is 6.03. The monoisotopic (exact) mass is 362 g/mol. The Morgan fingerprint density at radius 3 is 2.85 bits per heavy atom. The van der Waals surface area contributed by atoms with Crippen LogP contribution in [0.15, 0.2) is 48.5 Å². The normalized spacial score (nSPS) is 19.1. The minimum atomic E-state index is -0.449. The molecule has 2 unspecified atom stereocenters. The molecule has 0 bridgehead atoms. The molecule has 1 N–H and O–H groups in total. The fraction of sp³-hybridized carbons (Fsp3) is 0.375. The van der Waals surface area contributed by atoms with Gasteiger partial charge in [-0.2, -0.15) is 0 Å². The Balaban J connectivity index is 1.73. The molecule has 0 saturated carbocycles. The molecule has 0 aromatic heterocycles. The van der Waals surface area contributed by atoms with Gasteiger partial charge in [-0.1, -0.05) is 54.5 Å². The van der Waals surface area contributed by atoms with Crippen LogP contribution in [0.4, 0.5) is 0 Å². The van der Waals surface area contributed by atoms with E-state index in [0.717, 1.165) is 25.7 Å². The van der Waals surface area contributed by atoms with E-state index in [9.17, 15) is 9.90 Å². The van der Waals surface area contributed by atoms with E-state index in [-0.39, 0.29) is 6.10 Å². The van der Waals surface area contributed by atoms with Crippen LogP contribution < -0.4 is 0 Å². The van der Waals surface area contributed by atoms with Crippen LogP contribution >= 0.6 is 0 Å². The number of carbonyl (C=O) groups excluding carboxylic acids is 1. The molecule has 1 aliphatic rings. The number of aliphatic hydroxyl groups is 1. The second-order valence-corrected chi connectivity index (χ2v) is 6.90. The van der Waals surface area contributed by atoms with Crippen LogP contribution in [0.3, 0.4) is 0 Å². The van der Waals surface area contributed by atoms with E-state index in [1.165, 1.54) is 21.9 Å². The molecule has 3 rings (SSSR count). The number of rotatable bonds is 5. The predicted octanol–water partition coefficient (Wildman–Crippen LogP) is 4.73. The maximum absolute atomic E-state index is 11.3. The van der Waals surface area contributed by atoms with Crippen LogP contribution in [0.2, 0.25) is 0 Å². The maximum atomic E-state index is 11.3. The van der Waals surface area contributed by atoms with Gasteiger partial charge in [-0.25, -0.2) is 4.79 Å². The molecule has 0 saturated heterocycles. The number of esters is 1. The number of allylic oxidation sites excluding steroid dienone is 1. The van der Waals surface area contributed by atoms with Crippen LogP contribution in [-0.2, 0) is 9.53 Å². The van der Waals surface area contributed by atoms with Crippen molar-refractivity contribution >= 4 is 22.3 Å². The quantitative estimate of drug-likeness (QED) is 0.362. The molecule has 3 heteroatoms. The molecule has 0 amide bonds. The van der Waals surface area contributed by atoms with Crippen molar-refractivity contribution in [2.45, 2.75) is 45.1 Å². The Morgan fingerprint density at radius 1 is 1.19 bits per heavy atom. The third-order valence-electron chi connectivity index (χ3n) is 5.04. The summed E-state index contributed by atoms with van der Waals surface area (Å²) in [6.45, 7) is 2.13. The number of carbonyl (C=O) groups is 1. The first-order chi connectivity index (χ1) is 13.2. The molecule has 0 radical (unpaired) electrons. The fourth-order valence-electron chi connectivity index (χ4n) is 3.78. The van der Waals surface area contributed by atoms with Gasteiger partial charge in [-0.05, 0) is 60.4 Å². The zero-order valence-corrected chi connectivity index (χ0v) is 15.8. The highest BCUT2D eigenvalue weighted by atomic mass is 16.5. The molecule has 3 nitrogen and oxygen atoms in total. The number of ether oxygens (including phenoxy) is 1. The summed E-state index contributed by atoms with van der Waals surface area (Å²) in [6, 6.07) is 14.7. The van der Waals surface area contributed by atoms with Gasteiger partial charge in [0, 0.05) is 12.3 Å². The van der Waals surface area contributed by atoms with Crippen molar-refractivity contribution in [1.82, 2.24) is 0 Å². The van der Waals surface area contributed by atoms with E-state index >= 15 is 0 Å². The van der Waals surface area contributed by atoms with E-state index < -0.39 is 5.97 Å². The molecule has 0 fully saturated rings. The second-order valence-electron chi connectivity index (χ2n) is 6.90. The Hall–Kier alpha value is -2.57. The summed E-state index contributed by atoms with van der Waals surface area (Å²) in [5, 5.41) is 12.6. The average molecular weight is 362 g/mol. The van der Waals surface area contributed by atoms with E-state index in [1.54, 1.807) is 6.92 Å². The second kappa shape index (κ2) is 9.39. The number of aliphatic hydroxyl groups excluding tert-OH is 1. The number of unbranched alkanes of at least 4 members (excludes halogenated alkanes) is 1. The molecule has 140 valence electrons. The van der Waals surface area contributed by atoms with Crippen molar-refractivity contribution in [3.63, 3.8) is 0 Å². The first kappa shape index (κ1) is 19.2. The average Bonchev–Trinajstić information content (AvgIpc) is 2.68. The molecular weight excluding hydrogens is 336 g/mol. The minimum absolute atomic E-state index is 0.358. The Kier molecular flexibility index (Phi) is 6.68. The lowest BCUT2D eigenvalue weighted by molar-refractivity contribution is -0.136. The Bertz CT molecular complexity index is 880. The number of fused-ring (bicyclic) bond motifs is 1. The third kappa shape index (κ3) is 4.99. The molecule has 27 heavy (non-hydrogen) atoms. The van der Waals surface area contributed by atoms with Gasteiger partial charge in [0.05, 0.1) is 12.7 Å². The van der Waals surface area contributed by atoms with Crippen molar-refractivity contribution in [2.75, 3.05) is 6.61 Å². The number of benzene rings is 2. The molecule has 0 heterocycles. The van der Waals surface area contributed by atoms with Gasteiger partial charge in [0.1, 0.15) is 0 Å². The maximum Gasteiger partial charge on any atom is 0.384 e. The largest absolute Gasteiger partial charge is 0.456 e. The van der Waals surface area contributed by atoms with Crippen molar-refractivity contribution < 1.29 is 14.6 Å². The van der Waals surface area contributed by atoms with E-state index in [0.29, 0.717) is 18.9 Å². The molecular formula is C24H26O3. The highest BCUT2D eigenvalue weighted by molar-refractivity contribution is 5.94. The van der Waals surface area contributed by atoms with Crippen molar-refractivity contribution in [2.24, 2.45) is 5.92 Å². The summed E-state index contributed by atoms with van der Waals surface area (Å²) in [7, 11) is 0. The standard InChI is InChI=1S/C24H26O3/c1-2-27-24(26)14-5-3-4-9-19-15-16-20(25)17-23(19)22-13-8-11-18-10-6-7-12-21(18)22/h6-8,10-13,17,19-20,25H,2-4,9,15-16H2,1H3. The highest BCUT2D eigenvalue weighted by Crippen LogP contribution is 2.38. The highest BCUT2D eigenvalue weighted by Gasteiger charge is 2.23. The number of hydrogen-bond donors (Lipinski definition) is 1. The van der Waals surface area contributed by atoms with Crippen LogP contribution in [0, 0.1) is 17.8 Å². The van der Waals surface area contributed by atoms with Crippen LogP contribution in [0.5, 0.6) is 0 Å². The van der Waals surface area contributed by atoms with Gasteiger partial charge in [-0.3, -0.25) is 0 Å². The summed E-state index contributed by atoms with van der Waals surface area (Å²) in [5.41, 5.74) is 2.46. The number of hydrogen-bond acceptors (Lipinski definition) is 3. The minimum Gasteiger partial charge on any atom is -0.456 e. The zero-order chi connectivity index (χ0) is 19.1. The Labute approximate surface area is 161 Å². The van der Waals surface area contributed by atoms with Gasteiger partial charge in [0.2, 0.25) is 0 Å². The van der Waals surface area contributed by atoms with Crippen LogP contribution in [0.25, 0.3) is 16.3 Å². The molecule has 0 spiro atoms. The molecule has 2 aromatic rings. The topological polar surface area (TPSA) is 46.5 Å². The fourth-order valence-corrected chi connectivity index (χ4v) is 3.78. The first-order valence-corrected chi connectivity index (χ1v) is 9.72. The summed E-state index contributed by atoms with van der Waals surface area (Å²) < 4.78 is 4.82. The van der Waals surface area contributed by atoms with Gasteiger partial charge < -0.3 is 9.84 Å². The van der Waals surface area contributed by atoms with Crippen molar-refractivity contribution in [3.05, 3.63) is 54.1 Å². The molecule has 2 aromatic carbocycles. The predicted molar refractivity (Wildman–Crippen MR) is 109 cm³/mol. The van der Waals surface area contributed by atoms with E-state index in [4.69, 9.17) is 4.74 Å². The molecule has 1 aliphatic carbocycles. The molecule has 0 aliphatic heterocycles. The third-order valence-corrected chi connectivity index (χ3v) is 5.04. The lowest BCUT2D eigenvalue weighted by Gasteiger charge is -2.28. The summed E-state index contributed by atoms with van der Waals surface area (Å²) in [5.74, 6) is 5.40. The Morgan fingerprint density at radius 2 is 2.00 bits per heavy atom. The molecule has 2 atom stereocenters.